The van der Waals surface area contributed by atoms with Gasteiger partial charge in [-0.1, -0.05) is 6.07 Å². The molecule has 3 nitrogen and oxygen atoms in total. The summed E-state index contributed by atoms with van der Waals surface area (Å²) >= 11 is 0. The summed E-state index contributed by atoms with van der Waals surface area (Å²) in [6.45, 7) is 4.09. The van der Waals surface area contributed by atoms with E-state index in [2.05, 4.69) is 40.1 Å². The molecule has 0 aliphatic heterocycles. The van der Waals surface area contributed by atoms with E-state index in [1.54, 1.807) is 12.5 Å². The molecule has 0 spiro atoms. The number of hydrogen-bond donors (Lipinski definition) is 0. The molecule has 0 saturated carbocycles. The van der Waals surface area contributed by atoms with Gasteiger partial charge in [-0.3, -0.25) is 4.98 Å². The van der Waals surface area contributed by atoms with E-state index in [1.807, 2.05) is 19.2 Å². The van der Waals surface area contributed by atoms with Gasteiger partial charge in [-0.25, -0.2) is 9.97 Å². The maximum atomic E-state index is 4.35. The molecule has 0 saturated heterocycles. The highest BCUT2D eigenvalue weighted by Crippen LogP contribution is 2.26. The Morgan fingerprint density at radius 1 is 1.00 bits per heavy atom. The molecular weight excluding hydrogens is 222 g/mol. The molecule has 3 heteroatoms. The summed E-state index contributed by atoms with van der Waals surface area (Å²) in [5.41, 5.74) is 5.47. The number of nitrogens with zero attached hydrogens (tertiary/aromatic N) is 3. The predicted octanol–water partition coefficient (Wildman–Crippen LogP) is 3.31. The molecule has 0 amide bonds. The van der Waals surface area contributed by atoms with Gasteiger partial charge >= 0.3 is 0 Å². The summed E-state index contributed by atoms with van der Waals surface area (Å²) in [6, 6.07) is 8.29. The Morgan fingerprint density at radius 2 is 1.89 bits per heavy atom. The van der Waals surface area contributed by atoms with Gasteiger partial charge in [0.05, 0.1) is 5.52 Å². The third-order valence-corrected chi connectivity index (χ3v) is 3.12. The fourth-order valence-electron chi connectivity index (χ4n) is 2.17. The molecular formula is C15H13N3. The van der Waals surface area contributed by atoms with E-state index in [-0.39, 0.29) is 0 Å². The minimum Gasteiger partial charge on any atom is -0.264 e. The Labute approximate surface area is 106 Å². The zero-order chi connectivity index (χ0) is 12.5. The molecule has 88 valence electrons. The Hall–Kier alpha value is -2.29. The van der Waals surface area contributed by atoms with Crippen LogP contribution in [-0.4, -0.2) is 15.0 Å². The zero-order valence-corrected chi connectivity index (χ0v) is 10.4. The molecule has 0 unspecified atom stereocenters. The van der Waals surface area contributed by atoms with E-state index in [1.165, 1.54) is 0 Å². The lowest BCUT2D eigenvalue weighted by molar-refractivity contribution is 1.14. The molecule has 2 aromatic heterocycles. The average Bonchev–Trinajstić information content (AvgIpc) is 2.41. The topological polar surface area (TPSA) is 38.7 Å². The lowest BCUT2D eigenvalue weighted by Gasteiger charge is -2.07. The van der Waals surface area contributed by atoms with Crippen LogP contribution in [0.1, 0.15) is 11.3 Å². The SMILES string of the molecule is Cc1ncnc2c(C)cc(-c3cccnc3)cc12. The van der Waals surface area contributed by atoms with Gasteiger partial charge in [-0.2, -0.15) is 0 Å². The van der Waals surface area contributed by atoms with Gasteiger partial charge in [0.2, 0.25) is 0 Å². The van der Waals surface area contributed by atoms with Crippen molar-refractivity contribution in [1.29, 1.82) is 0 Å². The number of fused-ring (bicyclic) bond motifs is 1. The van der Waals surface area contributed by atoms with Gasteiger partial charge in [-0.05, 0) is 43.2 Å². The molecule has 3 rings (SSSR count). The summed E-state index contributed by atoms with van der Waals surface area (Å²) < 4.78 is 0. The fourth-order valence-corrected chi connectivity index (χ4v) is 2.17. The summed E-state index contributed by atoms with van der Waals surface area (Å²) in [5, 5.41) is 1.11. The number of hydrogen-bond acceptors (Lipinski definition) is 3. The number of rotatable bonds is 1. The van der Waals surface area contributed by atoms with E-state index in [0.29, 0.717) is 0 Å². The number of aryl methyl sites for hydroxylation is 2. The Bertz CT molecular complexity index is 706. The van der Waals surface area contributed by atoms with Crippen molar-refractivity contribution in [2.24, 2.45) is 0 Å². The van der Waals surface area contributed by atoms with E-state index in [9.17, 15) is 0 Å². The predicted molar refractivity (Wildman–Crippen MR) is 72.2 cm³/mol. The monoisotopic (exact) mass is 235 g/mol. The van der Waals surface area contributed by atoms with Crippen LogP contribution >= 0.6 is 0 Å². The van der Waals surface area contributed by atoms with Crippen LogP contribution in [0.15, 0.2) is 43.0 Å². The first kappa shape index (κ1) is 10.8. The first-order valence-corrected chi connectivity index (χ1v) is 5.88. The summed E-state index contributed by atoms with van der Waals surface area (Å²) in [7, 11) is 0. The highest BCUT2D eigenvalue weighted by atomic mass is 14.8. The van der Waals surface area contributed by atoms with Crippen molar-refractivity contribution in [3.63, 3.8) is 0 Å². The quantitative estimate of drug-likeness (QED) is 0.649. The molecule has 0 aliphatic rings. The van der Waals surface area contributed by atoms with Crippen molar-refractivity contribution in [1.82, 2.24) is 15.0 Å². The van der Waals surface area contributed by atoms with Crippen molar-refractivity contribution < 1.29 is 0 Å². The van der Waals surface area contributed by atoms with Crippen LogP contribution in [0.25, 0.3) is 22.0 Å². The fraction of sp³-hybridized carbons (Fsp3) is 0.133. The smallest absolute Gasteiger partial charge is 0.116 e. The molecule has 18 heavy (non-hydrogen) atoms. The van der Waals surface area contributed by atoms with Gasteiger partial charge in [-0.15, -0.1) is 0 Å². The average molecular weight is 235 g/mol. The molecule has 2 heterocycles. The molecule has 1 aromatic carbocycles. The highest BCUT2D eigenvalue weighted by molar-refractivity contribution is 5.88. The van der Waals surface area contributed by atoms with Crippen LogP contribution in [-0.2, 0) is 0 Å². The number of benzene rings is 1. The van der Waals surface area contributed by atoms with E-state index >= 15 is 0 Å². The Morgan fingerprint density at radius 3 is 2.67 bits per heavy atom. The summed E-state index contributed by atoms with van der Waals surface area (Å²) in [4.78, 5) is 12.8. The van der Waals surface area contributed by atoms with Crippen LogP contribution < -0.4 is 0 Å². The minimum absolute atomic E-state index is 1.01. The van der Waals surface area contributed by atoms with Crippen molar-refractivity contribution in [2.75, 3.05) is 0 Å². The molecule has 3 aromatic rings. The first-order valence-electron chi connectivity index (χ1n) is 5.88. The maximum Gasteiger partial charge on any atom is 0.116 e. The first-order chi connectivity index (χ1) is 8.75. The van der Waals surface area contributed by atoms with Gasteiger partial charge < -0.3 is 0 Å². The van der Waals surface area contributed by atoms with Crippen LogP contribution in [0, 0.1) is 13.8 Å². The van der Waals surface area contributed by atoms with Crippen LogP contribution in [0.2, 0.25) is 0 Å². The second kappa shape index (κ2) is 4.18. The van der Waals surface area contributed by atoms with Crippen LogP contribution in [0.3, 0.4) is 0 Å². The molecule has 0 fully saturated rings. The largest absolute Gasteiger partial charge is 0.264 e. The second-order valence-electron chi connectivity index (χ2n) is 4.39. The number of aromatic nitrogens is 3. The second-order valence-corrected chi connectivity index (χ2v) is 4.39. The van der Waals surface area contributed by atoms with Crippen molar-refractivity contribution in [3.8, 4) is 11.1 Å². The zero-order valence-electron chi connectivity index (χ0n) is 10.4. The maximum absolute atomic E-state index is 4.35. The van der Waals surface area contributed by atoms with Gasteiger partial charge in [0.15, 0.2) is 0 Å². The third kappa shape index (κ3) is 1.74. The molecule has 0 atom stereocenters. The minimum atomic E-state index is 1.01. The molecule has 0 aliphatic carbocycles. The molecule has 0 bridgehead atoms. The van der Waals surface area contributed by atoms with E-state index < -0.39 is 0 Å². The Balaban J connectivity index is 2.31. The highest BCUT2D eigenvalue weighted by Gasteiger charge is 2.06. The molecule has 0 N–H and O–H groups in total. The van der Waals surface area contributed by atoms with Crippen molar-refractivity contribution >= 4 is 10.9 Å². The third-order valence-electron chi connectivity index (χ3n) is 3.12. The van der Waals surface area contributed by atoms with Gasteiger partial charge in [0.1, 0.15) is 6.33 Å². The normalized spacial score (nSPS) is 10.8. The molecule has 0 radical (unpaired) electrons. The van der Waals surface area contributed by atoms with Crippen molar-refractivity contribution in [2.45, 2.75) is 13.8 Å². The van der Waals surface area contributed by atoms with Crippen LogP contribution in [0.4, 0.5) is 0 Å². The van der Waals surface area contributed by atoms with E-state index in [0.717, 1.165) is 33.3 Å². The lowest BCUT2D eigenvalue weighted by Crippen LogP contribution is -1.91. The van der Waals surface area contributed by atoms with Crippen molar-refractivity contribution in [3.05, 3.63) is 54.2 Å². The summed E-state index contributed by atoms with van der Waals surface area (Å²) in [5.74, 6) is 0. The number of pyridine rings is 1. The summed E-state index contributed by atoms with van der Waals surface area (Å²) in [6.07, 6.45) is 5.28. The van der Waals surface area contributed by atoms with Gasteiger partial charge in [0.25, 0.3) is 0 Å². The van der Waals surface area contributed by atoms with Gasteiger partial charge in [0, 0.05) is 29.0 Å². The standard InChI is InChI=1S/C15H13N3/c1-10-6-13(12-4-3-5-16-8-12)7-14-11(2)17-9-18-15(10)14/h3-9H,1-2H3. The van der Waals surface area contributed by atoms with Crippen LogP contribution in [0.5, 0.6) is 0 Å². The van der Waals surface area contributed by atoms with E-state index in [4.69, 9.17) is 0 Å². The lowest BCUT2D eigenvalue weighted by atomic mass is 10.0. The Kier molecular flexibility index (Phi) is 2.52.